The van der Waals surface area contributed by atoms with E-state index in [1.807, 2.05) is 14.0 Å². The van der Waals surface area contributed by atoms with Crippen LogP contribution in [0.15, 0.2) is 0 Å². The minimum atomic E-state index is 0.360. The Kier molecular flexibility index (Phi) is 1.90. The zero-order valence-corrected chi connectivity index (χ0v) is 8.33. The van der Waals surface area contributed by atoms with Gasteiger partial charge in [0.1, 0.15) is 11.9 Å². The Morgan fingerprint density at radius 3 is 2.71 bits per heavy atom. The zero-order valence-electron chi connectivity index (χ0n) is 8.33. The lowest BCUT2D eigenvalue weighted by Gasteiger charge is -2.06. The number of aryl methyl sites for hydroxylation is 1. The van der Waals surface area contributed by atoms with E-state index in [2.05, 4.69) is 16.0 Å². The van der Waals surface area contributed by atoms with Gasteiger partial charge in [0.2, 0.25) is 0 Å². The van der Waals surface area contributed by atoms with Crippen LogP contribution in [0.2, 0.25) is 0 Å². The molecule has 1 aliphatic heterocycles. The normalized spacial score (nSPS) is 15.2. The van der Waals surface area contributed by atoms with Crippen molar-refractivity contribution in [1.29, 1.82) is 5.26 Å². The summed E-state index contributed by atoms with van der Waals surface area (Å²) in [6.07, 6.45) is 0. The first-order valence-electron chi connectivity index (χ1n) is 4.50. The Morgan fingerprint density at radius 1 is 1.43 bits per heavy atom. The molecular weight excluding hydrogens is 176 g/mol. The molecule has 2 heterocycles. The second-order valence-electron chi connectivity index (χ2n) is 3.70. The van der Waals surface area contributed by atoms with Crippen molar-refractivity contribution in [3.05, 3.63) is 22.4 Å². The summed E-state index contributed by atoms with van der Waals surface area (Å²) in [5.41, 5.74) is 9.41. The molecule has 1 aromatic heterocycles. The van der Waals surface area contributed by atoms with Crippen molar-refractivity contribution < 1.29 is 0 Å². The number of nitriles is 1. The summed E-state index contributed by atoms with van der Waals surface area (Å²) >= 11 is 0. The van der Waals surface area contributed by atoms with Crippen LogP contribution < -0.4 is 5.73 Å². The number of nitrogen functional groups attached to an aromatic ring is 1. The SMILES string of the molecule is Cc1nc(N)c(C#N)c2c1CN(C)C2. The maximum atomic E-state index is 8.97. The molecule has 0 aliphatic carbocycles. The zero-order chi connectivity index (χ0) is 10.3. The van der Waals surface area contributed by atoms with Crippen molar-refractivity contribution in [3.63, 3.8) is 0 Å². The molecule has 0 atom stereocenters. The third-order valence-electron chi connectivity index (χ3n) is 2.61. The lowest BCUT2D eigenvalue weighted by molar-refractivity contribution is 0.352. The Morgan fingerprint density at radius 2 is 2.07 bits per heavy atom. The molecule has 0 unspecified atom stereocenters. The summed E-state index contributed by atoms with van der Waals surface area (Å²) in [5.74, 6) is 0.360. The van der Waals surface area contributed by atoms with E-state index in [0.29, 0.717) is 11.4 Å². The van der Waals surface area contributed by atoms with Gasteiger partial charge in [0.15, 0.2) is 0 Å². The highest BCUT2D eigenvalue weighted by Gasteiger charge is 2.23. The first-order chi connectivity index (χ1) is 6.63. The Labute approximate surface area is 83.0 Å². The van der Waals surface area contributed by atoms with Crippen LogP contribution in [0.4, 0.5) is 5.82 Å². The molecule has 14 heavy (non-hydrogen) atoms. The van der Waals surface area contributed by atoms with Crippen molar-refractivity contribution in [2.24, 2.45) is 0 Å². The summed E-state index contributed by atoms with van der Waals surface area (Å²) in [5, 5.41) is 8.97. The fourth-order valence-electron chi connectivity index (χ4n) is 1.93. The van der Waals surface area contributed by atoms with Gasteiger partial charge in [0, 0.05) is 18.8 Å². The number of hydrogen-bond acceptors (Lipinski definition) is 4. The first-order valence-corrected chi connectivity index (χ1v) is 4.50. The number of nitrogens with zero attached hydrogens (tertiary/aromatic N) is 3. The van der Waals surface area contributed by atoms with Crippen LogP contribution in [0, 0.1) is 18.3 Å². The maximum Gasteiger partial charge on any atom is 0.141 e. The van der Waals surface area contributed by atoms with Gasteiger partial charge in [-0.3, -0.25) is 4.90 Å². The predicted molar refractivity (Wildman–Crippen MR) is 53.3 cm³/mol. The van der Waals surface area contributed by atoms with Gasteiger partial charge < -0.3 is 5.73 Å². The van der Waals surface area contributed by atoms with Crippen molar-refractivity contribution in [2.45, 2.75) is 20.0 Å². The third-order valence-corrected chi connectivity index (χ3v) is 2.61. The van der Waals surface area contributed by atoms with Gasteiger partial charge in [0.05, 0.1) is 5.56 Å². The van der Waals surface area contributed by atoms with Crippen LogP contribution in [0.1, 0.15) is 22.4 Å². The van der Waals surface area contributed by atoms with Crippen LogP contribution in [0.5, 0.6) is 0 Å². The summed E-state index contributed by atoms with van der Waals surface area (Å²) in [4.78, 5) is 6.33. The van der Waals surface area contributed by atoms with E-state index < -0.39 is 0 Å². The lowest BCUT2D eigenvalue weighted by atomic mass is 10.0. The maximum absolute atomic E-state index is 8.97. The molecule has 0 amide bonds. The minimum Gasteiger partial charge on any atom is -0.383 e. The van der Waals surface area contributed by atoms with Gasteiger partial charge in [-0.25, -0.2) is 4.98 Å². The van der Waals surface area contributed by atoms with Crippen molar-refractivity contribution in [3.8, 4) is 6.07 Å². The fourth-order valence-corrected chi connectivity index (χ4v) is 1.93. The molecule has 2 rings (SSSR count). The van der Waals surface area contributed by atoms with Crippen LogP contribution in [-0.4, -0.2) is 16.9 Å². The average molecular weight is 188 g/mol. The standard InChI is InChI=1S/C10H12N4/c1-6-8-4-14(2)5-9(8)7(3-11)10(12)13-6/h4-5H2,1-2H3,(H2,12,13). The number of anilines is 1. The number of hydrogen-bond donors (Lipinski definition) is 1. The van der Waals surface area contributed by atoms with Crippen molar-refractivity contribution in [1.82, 2.24) is 9.88 Å². The molecule has 0 aromatic carbocycles. The highest BCUT2D eigenvalue weighted by molar-refractivity contribution is 5.58. The van der Waals surface area contributed by atoms with Gasteiger partial charge in [-0.1, -0.05) is 0 Å². The monoisotopic (exact) mass is 188 g/mol. The molecule has 0 fully saturated rings. The second-order valence-corrected chi connectivity index (χ2v) is 3.70. The number of rotatable bonds is 0. The number of nitrogens with two attached hydrogens (primary N) is 1. The molecule has 0 saturated carbocycles. The topological polar surface area (TPSA) is 65.9 Å². The fraction of sp³-hybridized carbons (Fsp3) is 0.400. The predicted octanol–water partition coefficient (Wildman–Crippen LogP) is 0.789. The molecule has 1 aromatic rings. The molecule has 1 aliphatic rings. The van der Waals surface area contributed by atoms with Gasteiger partial charge in [-0.2, -0.15) is 5.26 Å². The van der Waals surface area contributed by atoms with Crippen LogP contribution in [-0.2, 0) is 13.1 Å². The van der Waals surface area contributed by atoms with E-state index in [1.165, 1.54) is 5.56 Å². The molecule has 2 N–H and O–H groups in total. The summed E-state index contributed by atoms with van der Waals surface area (Å²) < 4.78 is 0. The van der Waals surface area contributed by atoms with Crippen LogP contribution in [0.3, 0.4) is 0 Å². The van der Waals surface area contributed by atoms with Gasteiger partial charge >= 0.3 is 0 Å². The van der Waals surface area contributed by atoms with Crippen molar-refractivity contribution in [2.75, 3.05) is 12.8 Å². The van der Waals surface area contributed by atoms with E-state index in [4.69, 9.17) is 11.0 Å². The molecular formula is C10H12N4. The first kappa shape index (κ1) is 8.97. The second kappa shape index (κ2) is 2.96. The molecule has 72 valence electrons. The minimum absolute atomic E-state index is 0.360. The molecule has 4 heteroatoms. The molecule has 0 spiro atoms. The smallest absolute Gasteiger partial charge is 0.141 e. The van der Waals surface area contributed by atoms with E-state index >= 15 is 0 Å². The van der Waals surface area contributed by atoms with Gasteiger partial charge in [0.25, 0.3) is 0 Å². The van der Waals surface area contributed by atoms with Crippen LogP contribution in [0.25, 0.3) is 0 Å². The largest absolute Gasteiger partial charge is 0.383 e. The lowest BCUT2D eigenvalue weighted by Crippen LogP contribution is -2.08. The molecule has 0 bridgehead atoms. The summed E-state index contributed by atoms with van der Waals surface area (Å²) in [6, 6.07) is 2.13. The third kappa shape index (κ3) is 1.14. The van der Waals surface area contributed by atoms with Gasteiger partial charge in [-0.15, -0.1) is 0 Å². The Balaban J connectivity index is 2.68. The van der Waals surface area contributed by atoms with E-state index in [0.717, 1.165) is 24.3 Å². The highest BCUT2D eigenvalue weighted by Crippen LogP contribution is 2.28. The average Bonchev–Trinajstić information content (AvgIpc) is 2.48. The number of pyridine rings is 1. The Hall–Kier alpha value is -1.60. The highest BCUT2D eigenvalue weighted by atomic mass is 15.1. The quantitative estimate of drug-likeness (QED) is 0.653. The van der Waals surface area contributed by atoms with Crippen LogP contribution >= 0.6 is 0 Å². The summed E-state index contributed by atoms with van der Waals surface area (Å²) in [7, 11) is 2.02. The van der Waals surface area contributed by atoms with Gasteiger partial charge in [-0.05, 0) is 25.1 Å². The summed E-state index contributed by atoms with van der Waals surface area (Å²) in [6.45, 7) is 3.60. The van der Waals surface area contributed by atoms with E-state index in [9.17, 15) is 0 Å². The van der Waals surface area contributed by atoms with Crippen molar-refractivity contribution >= 4 is 5.82 Å². The molecule has 0 saturated heterocycles. The Bertz CT molecular complexity index is 431. The molecule has 4 nitrogen and oxygen atoms in total. The number of aromatic nitrogens is 1. The number of fused-ring (bicyclic) bond motifs is 1. The molecule has 0 radical (unpaired) electrons. The van der Waals surface area contributed by atoms with E-state index in [-0.39, 0.29) is 0 Å². The van der Waals surface area contributed by atoms with E-state index in [1.54, 1.807) is 0 Å².